The summed E-state index contributed by atoms with van der Waals surface area (Å²) >= 11 is 1.53. The zero-order chi connectivity index (χ0) is 14.7. The molecule has 0 aliphatic carbocycles. The van der Waals surface area contributed by atoms with Crippen LogP contribution in [0.2, 0.25) is 0 Å². The van der Waals surface area contributed by atoms with Gasteiger partial charge in [0.05, 0.1) is 5.69 Å². The zero-order valence-corrected chi connectivity index (χ0v) is 12.4. The van der Waals surface area contributed by atoms with E-state index in [0.29, 0.717) is 6.61 Å². The third kappa shape index (κ3) is 3.28. The lowest BCUT2D eigenvalue weighted by Crippen LogP contribution is -1.97. The van der Waals surface area contributed by atoms with Gasteiger partial charge >= 0.3 is 0 Å². The van der Waals surface area contributed by atoms with E-state index in [1.165, 1.54) is 23.5 Å². The predicted octanol–water partition coefficient (Wildman–Crippen LogP) is 4.84. The Morgan fingerprint density at radius 1 is 1.10 bits per heavy atom. The van der Waals surface area contributed by atoms with Crippen molar-refractivity contribution in [1.29, 1.82) is 0 Å². The van der Waals surface area contributed by atoms with Gasteiger partial charge in [-0.15, -0.1) is 11.3 Å². The second-order valence-corrected chi connectivity index (χ2v) is 5.56. The number of hydrogen-bond acceptors (Lipinski definition) is 3. The highest BCUT2D eigenvalue weighted by atomic mass is 32.1. The molecule has 0 radical (unpaired) electrons. The summed E-state index contributed by atoms with van der Waals surface area (Å²) in [6, 6.07) is 14.3. The second kappa shape index (κ2) is 6.06. The van der Waals surface area contributed by atoms with E-state index in [9.17, 15) is 4.39 Å². The highest BCUT2D eigenvalue weighted by Gasteiger charge is 2.06. The van der Waals surface area contributed by atoms with E-state index in [1.807, 2.05) is 36.6 Å². The Bertz CT molecular complexity index is 737. The number of rotatable bonds is 4. The topological polar surface area (TPSA) is 22.1 Å². The van der Waals surface area contributed by atoms with Crippen LogP contribution in [0.4, 0.5) is 4.39 Å². The summed E-state index contributed by atoms with van der Waals surface area (Å²) in [4.78, 5) is 4.53. The van der Waals surface area contributed by atoms with Crippen molar-refractivity contribution in [1.82, 2.24) is 4.98 Å². The maximum atomic E-state index is 12.9. The van der Waals surface area contributed by atoms with Crippen molar-refractivity contribution < 1.29 is 9.13 Å². The molecule has 4 heteroatoms. The van der Waals surface area contributed by atoms with Gasteiger partial charge in [-0.1, -0.05) is 18.2 Å². The van der Waals surface area contributed by atoms with Gasteiger partial charge in [0.15, 0.2) is 0 Å². The third-order valence-corrected chi connectivity index (χ3v) is 4.05. The van der Waals surface area contributed by atoms with Crippen molar-refractivity contribution in [3.63, 3.8) is 0 Å². The fourth-order valence-electron chi connectivity index (χ4n) is 1.97. The van der Waals surface area contributed by atoms with E-state index in [2.05, 4.69) is 4.98 Å². The molecule has 21 heavy (non-hydrogen) atoms. The molecule has 0 amide bonds. The largest absolute Gasteiger partial charge is 0.487 e. The van der Waals surface area contributed by atoms with Crippen molar-refractivity contribution in [2.45, 2.75) is 13.5 Å². The Balaban J connectivity index is 1.71. The van der Waals surface area contributed by atoms with E-state index in [1.54, 1.807) is 12.1 Å². The first-order valence-corrected chi connectivity index (χ1v) is 7.49. The number of halogens is 1. The van der Waals surface area contributed by atoms with E-state index in [0.717, 1.165) is 27.6 Å². The lowest BCUT2D eigenvalue weighted by molar-refractivity contribution is 0.300. The maximum absolute atomic E-state index is 12.9. The monoisotopic (exact) mass is 299 g/mol. The molecular formula is C17H14FNOS. The molecule has 0 atom stereocenters. The standard InChI is InChI=1S/C17H14FNOS/c1-12-4-2-3-5-16(12)20-10-15-11-21-17(19-15)13-6-8-14(18)9-7-13/h2-9,11H,10H2,1H3. The van der Waals surface area contributed by atoms with Crippen LogP contribution in [0, 0.1) is 12.7 Å². The SMILES string of the molecule is Cc1ccccc1OCc1csc(-c2ccc(F)cc2)n1. The van der Waals surface area contributed by atoms with E-state index < -0.39 is 0 Å². The van der Waals surface area contributed by atoms with Crippen molar-refractivity contribution >= 4 is 11.3 Å². The number of benzene rings is 2. The van der Waals surface area contributed by atoms with Gasteiger partial charge in [0.2, 0.25) is 0 Å². The van der Waals surface area contributed by atoms with Crippen LogP contribution >= 0.6 is 11.3 Å². The summed E-state index contributed by atoms with van der Waals surface area (Å²) in [6.45, 7) is 2.45. The van der Waals surface area contributed by atoms with Crippen molar-refractivity contribution in [3.05, 3.63) is 71.0 Å². The molecule has 2 aromatic carbocycles. The van der Waals surface area contributed by atoms with Crippen LogP contribution in [0.25, 0.3) is 10.6 Å². The van der Waals surface area contributed by atoms with Crippen LogP contribution in [0.15, 0.2) is 53.9 Å². The van der Waals surface area contributed by atoms with Crippen LogP contribution in [0.5, 0.6) is 5.75 Å². The van der Waals surface area contributed by atoms with E-state index >= 15 is 0 Å². The molecule has 3 aromatic rings. The Morgan fingerprint density at radius 3 is 2.62 bits per heavy atom. The molecule has 0 spiro atoms. The fourth-order valence-corrected chi connectivity index (χ4v) is 2.78. The molecule has 0 saturated carbocycles. The predicted molar refractivity (Wildman–Crippen MR) is 83.0 cm³/mol. The highest BCUT2D eigenvalue weighted by molar-refractivity contribution is 7.13. The van der Waals surface area contributed by atoms with Crippen molar-refractivity contribution in [3.8, 4) is 16.3 Å². The number of hydrogen-bond donors (Lipinski definition) is 0. The first-order chi connectivity index (χ1) is 10.2. The van der Waals surface area contributed by atoms with Gasteiger partial charge in [0.25, 0.3) is 0 Å². The number of aryl methyl sites for hydroxylation is 1. The summed E-state index contributed by atoms with van der Waals surface area (Å²) < 4.78 is 18.7. The summed E-state index contributed by atoms with van der Waals surface area (Å²) in [7, 11) is 0. The second-order valence-electron chi connectivity index (χ2n) is 4.71. The molecule has 0 bridgehead atoms. The first kappa shape index (κ1) is 13.8. The minimum absolute atomic E-state index is 0.238. The molecule has 0 unspecified atom stereocenters. The minimum atomic E-state index is -0.238. The van der Waals surface area contributed by atoms with Crippen LogP contribution in [0.1, 0.15) is 11.3 Å². The molecule has 1 aromatic heterocycles. The van der Waals surface area contributed by atoms with Gasteiger partial charge in [-0.2, -0.15) is 0 Å². The molecule has 0 aliphatic heterocycles. The fraction of sp³-hybridized carbons (Fsp3) is 0.118. The first-order valence-electron chi connectivity index (χ1n) is 6.61. The smallest absolute Gasteiger partial charge is 0.131 e. The summed E-state index contributed by atoms with van der Waals surface area (Å²) in [5.41, 5.74) is 2.90. The average molecular weight is 299 g/mol. The highest BCUT2D eigenvalue weighted by Crippen LogP contribution is 2.25. The molecular weight excluding hydrogens is 285 g/mol. The molecule has 3 rings (SSSR count). The number of aromatic nitrogens is 1. The van der Waals surface area contributed by atoms with Gasteiger partial charge in [-0.25, -0.2) is 9.37 Å². The Hall–Kier alpha value is -2.20. The van der Waals surface area contributed by atoms with Crippen LogP contribution < -0.4 is 4.74 Å². The van der Waals surface area contributed by atoms with Gasteiger partial charge in [0.1, 0.15) is 23.2 Å². The van der Waals surface area contributed by atoms with Crippen molar-refractivity contribution in [2.75, 3.05) is 0 Å². The Morgan fingerprint density at radius 2 is 1.86 bits per heavy atom. The van der Waals surface area contributed by atoms with Crippen LogP contribution in [0.3, 0.4) is 0 Å². The van der Waals surface area contributed by atoms with Crippen molar-refractivity contribution in [2.24, 2.45) is 0 Å². The van der Waals surface area contributed by atoms with Gasteiger partial charge in [-0.3, -0.25) is 0 Å². The normalized spacial score (nSPS) is 10.6. The molecule has 2 nitrogen and oxygen atoms in total. The summed E-state index contributed by atoms with van der Waals surface area (Å²) in [6.07, 6.45) is 0. The van der Waals surface area contributed by atoms with Gasteiger partial charge in [0, 0.05) is 10.9 Å². The number of para-hydroxylation sites is 1. The molecule has 0 N–H and O–H groups in total. The van der Waals surface area contributed by atoms with E-state index in [4.69, 9.17) is 4.74 Å². The number of thiazole rings is 1. The molecule has 0 aliphatic rings. The third-order valence-electron chi connectivity index (χ3n) is 3.11. The maximum Gasteiger partial charge on any atom is 0.131 e. The zero-order valence-electron chi connectivity index (χ0n) is 11.5. The Labute approximate surface area is 126 Å². The molecule has 0 fully saturated rings. The van der Waals surface area contributed by atoms with E-state index in [-0.39, 0.29) is 5.82 Å². The quantitative estimate of drug-likeness (QED) is 0.688. The summed E-state index contributed by atoms with van der Waals surface area (Å²) in [5, 5.41) is 2.84. The molecule has 1 heterocycles. The average Bonchev–Trinajstić information content (AvgIpc) is 2.96. The van der Waals surface area contributed by atoms with Gasteiger partial charge in [-0.05, 0) is 42.8 Å². The molecule has 0 saturated heterocycles. The van der Waals surface area contributed by atoms with Gasteiger partial charge < -0.3 is 4.74 Å². The number of nitrogens with zero attached hydrogens (tertiary/aromatic N) is 1. The lowest BCUT2D eigenvalue weighted by atomic mass is 10.2. The lowest BCUT2D eigenvalue weighted by Gasteiger charge is -2.06. The minimum Gasteiger partial charge on any atom is -0.487 e. The molecule has 106 valence electrons. The summed E-state index contributed by atoms with van der Waals surface area (Å²) in [5.74, 6) is 0.632. The van der Waals surface area contributed by atoms with Crippen LogP contribution in [-0.4, -0.2) is 4.98 Å². The Kier molecular flexibility index (Phi) is 3.97. The van der Waals surface area contributed by atoms with Crippen LogP contribution in [-0.2, 0) is 6.61 Å². The number of ether oxygens (including phenoxy) is 1.